The summed E-state index contributed by atoms with van der Waals surface area (Å²) in [4.78, 5) is 0. The molecule has 1 saturated heterocycles. The normalized spacial score (nSPS) is 21.8. The number of aryl methyl sites for hydroxylation is 1. The lowest BCUT2D eigenvalue weighted by Gasteiger charge is -2.33. The van der Waals surface area contributed by atoms with Crippen LogP contribution in [0.4, 0.5) is 0 Å². The SMILES string of the molecule is CCOc1ccc(Cc2cc(C3CC(O)C[C@@H](CO)O3)c(OCO)cc2C)cc1. The number of aliphatic hydroxyl groups excluding tert-OH is 3. The molecule has 0 amide bonds. The summed E-state index contributed by atoms with van der Waals surface area (Å²) < 4.78 is 16.9. The van der Waals surface area contributed by atoms with Crippen molar-refractivity contribution in [3.8, 4) is 11.5 Å². The van der Waals surface area contributed by atoms with Crippen molar-refractivity contribution in [1.82, 2.24) is 0 Å². The second-order valence-electron chi connectivity index (χ2n) is 7.40. The fraction of sp³-hybridized carbons (Fsp3) is 0.478. The molecule has 0 bridgehead atoms. The first-order valence-corrected chi connectivity index (χ1v) is 10.1. The third-order valence-corrected chi connectivity index (χ3v) is 5.25. The predicted molar refractivity (Wildman–Crippen MR) is 109 cm³/mol. The van der Waals surface area contributed by atoms with E-state index in [2.05, 4.69) is 0 Å². The third-order valence-electron chi connectivity index (χ3n) is 5.25. The van der Waals surface area contributed by atoms with Crippen LogP contribution in [0.15, 0.2) is 36.4 Å². The van der Waals surface area contributed by atoms with E-state index < -0.39 is 25.1 Å². The Bertz CT molecular complexity index is 789. The van der Waals surface area contributed by atoms with Crippen molar-refractivity contribution in [2.45, 2.75) is 51.4 Å². The Labute approximate surface area is 171 Å². The summed E-state index contributed by atoms with van der Waals surface area (Å²) in [5.41, 5.74) is 4.08. The van der Waals surface area contributed by atoms with Crippen molar-refractivity contribution in [3.05, 3.63) is 58.7 Å². The van der Waals surface area contributed by atoms with Gasteiger partial charge >= 0.3 is 0 Å². The Morgan fingerprint density at radius 3 is 2.48 bits per heavy atom. The van der Waals surface area contributed by atoms with Gasteiger partial charge < -0.3 is 29.5 Å². The number of hydrogen-bond acceptors (Lipinski definition) is 6. The van der Waals surface area contributed by atoms with Gasteiger partial charge in [0, 0.05) is 18.4 Å². The van der Waals surface area contributed by atoms with Gasteiger partial charge in [0.2, 0.25) is 0 Å². The highest BCUT2D eigenvalue weighted by Gasteiger charge is 2.31. The van der Waals surface area contributed by atoms with Gasteiger partial charge in [-0.3, -0.25) is 0 Å². The molecule has 2 aromatic rings. The Balaban J connectivity index is 1.89. The minimum atomic E-state index is -0.552. The van der Waals surface area contributed by atoms with E-state index in [4.69, 9.17) is 14.2 Å². The summed E-state index contributed by atoms with van der Waals surface area (Å²) in [6, 6.07) is 11.9. The Morgan fingerprint density at radius 1 is 1.07 bits per heavy atom. The molecule has 0 radical (unpaired) electrons. The molecule has 158 valence electrons. The number of ether oxygens (including phenoxy) is 3. The summed E-state index contributed by atoms with van der Waals surface area (Å²) in [5.74, 6) is 1.39. The Hall–Kier alpha value is -2.12. The van der Waals surface area contributed by atoms with E-state index in [1.165, 1.54) is 0 Å². The largest absolute Gasteiger partial charge is 0.494 e. The lowest BCUT2D eigenvalue weighted by molar-refractivity contribution is -0.114. The molecule has 6 nitrogen and oxygen atoms in total. The molecule has 3 atom stereocenters. The van der Waals surface area contributed by atoms with Gasteiger partial charge in [0.25, 0.3) is 0 Å². The number of benzene rings is 2. The molecule has 0 saturated carbocycles. The van der Waals surface area contributed by atoms with Gasteiger partial charge in [-0.25, -0.2) is 0 Å². The molecular weight excluding hydrogens is 372 g/mol. The highest BCUT2D eigenvalue weighted by molar-refractivity contribution is 5.46. The molecular formula is C23H30O6. The lowest BCUT2D eigenvalue weighted by Crippen LogP contribution is -2.33. The van der Waals surface area contributed by atoms with E-state index >= 15 is 0 Å². The van der Waals surface area contributed by atoms with Crippen LogP contribution in [0.1, 0.15) is 48.1 Å². The second kappa shape index (κ2) is 10.1. The number of rotatable bonds is 8. The van der Waals surface area contributed by atoms with Crippen LogP contribution in [-0.4, -0.2) is 47.5 Å². The Morgan fingerprint density at radius 2 is 1.83 bits per heavy atom. The van der Waals surface area contributed by atoms with Crippen LogP contribution < -0.4 is 9.47 Å². The summed E-state index contributed by atoms with van der Waals surface area (Å²) in [7, 11) is 0. The van der Waals surface area contributed by atoms with E-state index in [0.29, 0.717) is 25.2 Å². The third kappa shape index (κ3) is 5.48. The molecule has 1 aliphatic heterocycles. The average Bonchev–Trinajstić information content (AvgIpc) is 2.71. The molecule has 6 heteroatoms. The van der Waals surface area contributed by atoms with E-state index in [1.54, 1.807) is 0 Å². The predicted octanol–water partition coefficient (Wildman–Crippen LogP) is 2.89. The van der Waals surface area contributed by atoms with Crippen LogP contribution in [0.5, 0.6) is 11.5 Å². The lowest BCUT2D eigenvalue weighted by atomic mass is 9.91. The molecule has 0 aromatic heterocycles. The van der Waals surface area contributed by atoms with E-state index in [0.717, 1.165) is 34.4 Å². The zero-order chi connectivity index (χ0) is 20.8. The summed E-state index contributed by atoms with van der Waals surface area (Å²) >= 11 is 0. The minimum Gasteiger partial charge on any atom is -0.494 e. The topological polar surface area (TPSA) is 88.4 Å². The first-order chi connectivity index (χ1) is 14.0. The van der Waals surface area contributed by atoms with Gasteiger partial charge in [-0.1, -0.05) is 12.1 Å². The van der Waals surface area contributed by atoms with Crippen molar-refractivity contribution in [2.75, 3.05) is 20.0 Å². The van der Waals surface area contributed by atoms with Crippen LogP contribution in [0, 0.1) is 6.92 Å². The minimum absolute atomic E-state index is 0.144. The fourth-order valence-corrected chi connectivity index (χ4v) is 3.78. The van der Waals surface area contributed by atoms with Gasteiger partial charge in [0.15, 0.2) is 6.79 Å². The van der Waals surface area contributed by atoms with Crippen molar-refractivity contribution >= 4 is 0 Å². The van der Waals surface area contributed by atoms with Crippen molar-refractivity contribution in [1.29, 1.82) is 0 Å². The maximum atomic E-state index is 10.2. The summed E-state index contributed by atoms with van der Waals surface area (Å²) in [6.07, 6.45) is 0.184. The maximum absolute atomic E-state index is 10.2. The molecule has 2 unspecified atom stereocenters. The zero-order valence-electron chi connectivity index (χ0n) is 17.0. The summed E-state index contributed by atoms with van der Waals surface area (Å²) in [6.45, 7) is 4.01. The van der Waals surface area contributed by atoms with Gasteiger partial charge in [0.1, 0.15) is 11.5 Å². The molecule has 1 aliphatic rings. The van der Waals surface area contributed by atoms with Crippen LogP contribution in [0.25, 0.3) is 0 Å². The standard InChI is InChI=1S/C23H30O6/c1-3-27-19-6-4-16(5-7-19)9-17-10-21(22(28-14-25)8-15(17)2)23-12-18(26)11-20(13-24)29-23/h4-8,10,18,20,23-26H,3,9,11-14H2,1-2H3/t18?,20-,23?/m0/s1. The average molecular weight is 402 g/mol. The Kier molecular flexibility index (Phi) is 7.50. The molecule has 0 aliphatic carbocycles. The molecule has 3 N–H and O–H groups in total. The van der Waals surface area contributed by atoms with Crippen molar-refractivity contribution in [3.63, 3.8) is 0 Å². The van der Waals surface area contributed by atoms with Gasteiger partial charge in [-0.2, -0.15) is 0 Å². The maximum Gasteiger partial charge on any atom is 0.186 e. The molecule has 3 rings (SSSR count). The molecule has 29 heavy (non-hydrogen) atoms. The number of hydrogen-bond donors (Lipinski definition) is 3. The fourth-order valence-electron chi connectivity index (χ4n) is 3.78. The van der Waals surface area contributed by atoms with Crippen molar-refractivity contribution < 1.29 is 29.5 Å². The van der Waals surface area contributed by atoms with Gasteiger partial charge in [-0.05, 0) is 61.2 Å². The van der Waals surface area contributed by atoms with E-state index in [9.17, 15) is 15.3 Å². The van der Waals surface area contributed by atoms with Crippen molar-refractivity contribution in [2.24, 2.45) is 0 Å². The number of aliphatic hydroxyl groups is 3. The molecule has 1 heterocycles. The van der Waals surface area contributed by atoms with Gasteiger partial charge in [0.05, 0.1) is 31.5 Å². The highest BCUT2D eigenvalue weighted by atomic mass is 16.6. The smallest absolute Gasteiger partial charge is 0.186 e. The van der Waals surface area contributed by atoms with Crippen LogP contribution in [-0.2, 0) is 11.2 Å². The molecule has 0 spiro atoms. The summed E-state index contributed by atoms with van der Waals surface area (Å²) in [5, 5.41) is 29.0. The first-order valence-electron chi connectivity index (χ1n) is 10.1. The van der Waals surface area contributed by atoms with E-state index in [1.807, 2.05) is 50.2 Å². The monoisotopic (exact) mass is 402 g/mol. The zero-order valence-corrected chi connectivity index (χ0v) is 17.0. The van der Waals surface area contributed by atoms with Crippen LogP contribution in [0.3, 0.4) is 0 Å². The van der Waals surface area contributed by atoms with Gasteiger partial charge in [-0.15, -0.1) is 0 Å². The quantitative estimate of drug-likeness (QED) is 0.589. The van der Waals surface area contributed by atoms with E-state index in [-0.39, 0.29) is 6.61 Å². The second-order valence-corrected chi connectivity index (χ2v) is 7.40. The highest BCUT2D eigenvalue weighted by Crippen LogP contribution is 2.38. The molecule has 1 fully saturated rings. The molecule has 2 aromatic carbocycles. The first kappa shape index (κ1) is 21.6. The van der Waals surface area contributed by atoms with Crippen LogP contribution in [0.2, 0.25) is 0 Å². The van der Waals surface area contributed by atoms with Crippen LogP contribution >= 0.6 is 0 Å².